The second-order valence-corrected chi connectivity index (χ2v) is 9.40. The lowest BCUT2D eigenvalue weighted by atomic mass is 9.76. The van der Waals surface area contributed by atoms with Gasteiger partial charge in [0.1, 0.15) is 5.75 Å². The van der Waals surface area contributed by atoms with E-state index in [1.807, 2.05) is 32.0 Å². The molecule has 23 heavy (non-hydrogen) atoms. The summed E-state index contributed by atoms with van der Waals surface area (Å²) in [5.41, 5.74) is 1.11. The van der Waals surface area contributed by atoms with Crippen LogP contribution in [0.15, 0.2) is 30.3 Å². The molecule has 0 aliphatic carbocycles. The number of rotatable bonds is 5. The van der Waals surface area contributed by atoms with Gasteiger partial charge in [0.2, 0.25) is 5.91 Å². The van der Waals surface area contributed by atoms with Gasteiger partial charge in [0.15, 0.2) is 9.84 Å². The lowest BCUT2D eigenvalue weighted by Crippen LogP contribution is -2.48. The number of nitrogens with zero attached hydrogens (tertiary/aromatic N) is 1. The zero-order valence-corrected chi connectivity index (χ0v) is 15.1. The molecule has 0 saturated carbocycles. The molecule has 1 saturated heterocycles. The second kappa shape index (κ2) is 7.04. The average Bonchev–Trinajstić information content (AvgIpc) is 2.46. The van der Waals surface area contributed by atoms with Crippen LogP contribution in [0, 0.1) is 5.92 Å². The van der Waals surface area contributed by atoms with Crippen LogP contribution in [0.4, 0.5) is 0 Å². The highest BCUT2D eigenvalue weighted by atomic mass is 32.2. The van der Waals surface area contributed by atoms with Crippen molar-refractivity contribution in [3.8, 4) is 0 Å². The Kier molecular flexibility index (Phi) is 5.50. The van der Waals surface area contributed by atoms with Crippen LogP contribution in [-0.4, -0.2) is 43.8 Å². The van der Waals surface area contributed by atoms with Crippen molar-refractivity contribution in [2.45, 2.75) is 39.0 Å². The van der Waals surface area contributed by atoms with Gasteiger partial charge < -0.3 is 4.90 Å². The van der Waals surface area contributed by atoms with Gasteiger partial charge in [0.25, 0.3) is 0 Å². The third-order valence-corrected chi connectivity index (χ3v) is 6.31. The summed E-state index contributed by atoms with van der Waals surface area (Å²) in [6, 6.07) is 10.2. The van der Waals surface area contributed by atoms with Gasteiger partial charge in [-0.2, -0.15) is 0 Å². The van der Waals surface area contributed by atoms with Crippen LogP contribution in [0.25, 0.3) is 0 Å². The highest BCUT2D eigenvalue weighted by molar-refractivity contribution is 7.92. The summed E-state index contributed by atoms with van der Waals surface area (Å²) >= 11 is 0. The van der Waals surface area contributed by atoms with E-state index in [-0.39, 0.29) is 28.7 Å². The molecule has 1 fully saturated rings. The van der Waals surface area contributed by atoms with E-state index in [0.29, 0.717) is 13.1 Å². The summed E-state index contributed by atoms with van der Waals surface area (Å²) in [6.45, 7) is 7.11. The molecule has 4 nitrogen and oxygen atoms in total. The molecule has 0 spiro atoms. The number of benzene rings is 1. The highest BCUT2D eigenvalue weighted by Gasteiger charge is 2.35. The van der Waals surface area contributed by atoms with Gasteiger partial charge >= 0.3 is 0 Å². The number of piperidine rings is 1. The lowest BCUT2D eigenvalue weighted by Gasteiger charge is -2.41. The van der Waals surface area contributed by atoms with Gasteiger partial charge in [-0.05, 0) is 24.3 Å². The summed E-state index contributed by atoms with van der Waals surface area (Å²) < 4.78 is 24.2. The Bertz CT molecular complexity index is 639. The van der Waals surface area contributed by atoms with E-state index in [9.17, 15) is 13.2 Å². The summed E-state index contributed by atoms with van der Waals surface area (Å²) in [4.78, 5) is 14.2. The summed E-state index contributed by atoms with van der Waals surface area (Å²) in [5, 5.41) is 0. The predicted octanol–water partition coefficient (Wildman–Crippen LogP) is 2.64. The first-order valence-electron chi connectivity index (χ1n) is 8.26. The third-order valence-electron chi connectivity index (χ3n) is 4.45. The zero-order chi connectivity index (χ0) is 17.1. The zero-order valence-electron chi connectivity index (χ0n) is 14.3. The molecule has 0 unspecified atom stereocenters. The predicted molar refractivity (Wildman–Crippen MR) is 93.1 cm³/mol. The minimum atomic E-state index is -3.32. The van der Waals surface area contributed by atoms with E-state index in [0.717, 1.165) is 12.8 Å². The van der Waals surface area contributed by atoms with Crippen molar-refractivity contribution in [2.75, 3.05) is 24.6 Å². The number of amides is 1. The molecular weight excluding hydrogens is 310 g/mol. The van der Waals surface area contributed by atoms with Crippen LogP contribution in [0.3, 0.4) is 0 Å². The van der Waals surface area contributed by atoms with Crippen molar-refractivity contribution < 1.29 is 13.2 Å². The molecule has 1 aromatic rings. The maximum Gasteiger partial charge on any atom is 0.237 e. The summed E-state index contributed by atoms with van der Waals surface area (Å²) in [6.07, 6.45) is 1.92. The van der Waals surface area contributed by atoms with Gasteiger partial charge in [-0.3, -0.25) is 4.79 Å². The molecule has 0 bridgehead atoms. The van der Waals surface area contributed by atoms with E-state index < -0.39 is 9.84 Å². The van der Waals surface area contributed by atoms with Crippen LogP contribution >= 0.6 is 0 Å². The Morgan fingerprint density at radius 2 is 1.91 bits per heavy atom. The number of carbonyl (C=O) groups is 1. The molecule has 0 radical (unpaired) electrons. The van der Waals surface area contributed by atoms with Crippen molar-refractivity contribution >= 4 is 15.7 Å². The smallest absolute Gasteiger partial charge is 0.237 e. The average molecular weight is 337 g/mol. The molecule has 1 atom stereocenters. The number of hydrogen-bond acceptors (Lipinski definition) is 3. The fourth-order valence-electron chi connectivity index (χ4n) is 3.37. The van der Waals surface area contributed by atoms with Crippen molar-refractivity contribution in [1.82, 2.24) is 4.90 Å². The minimum Gasteiger partial charge on any atom is -0.341 e. The van der Waals surface area contributed by atoms with Gasteiger partial charge in [-0.15, -0.1) is 0 Å². The van der Waals surface area contributed by atoms with Crippen molar-refractivity contribution in [2.24, 2.45) is 5.92 Å². The number of hydrogen-bond donors (Lipinski definition) is 0. The van der Waals surface area contributed by atoms with Crippen molar-refractivity contribution in [3.05, 3.63) is 35.9 Å². The normalized spacial score (nSPS) is 22.3. The van der Waals surface area contributed by atoms with Crippen LogP contribution in [-0.2, 0) is 20.0 Å². The van der Waals surface area contributed by atoms with E-state index in [1.165, 1.54) is 5.56 Å². The fourth-order valence-corrected chi connectivity index (χ4v) is 5.07. The Labute approximate surface area is 139 Å². The lowest BCUT2D eigenvalue weighted by molar-refractivity contribution is -0.130. The van der Waals surface area contributed by atoms with Crippen molar-refractivity contribution in [3.63, 3.8) is 0 Å². The third kappa shape index (κ3) is 4.80. The molecule has 128 valence electrons. The largest absolute Gasteiger partial charge is 0.341 e. The molecule has 0 aromatic heterocycles. The topological polar surface area (TPSA) is 54.5 Å². The molecule has 1 aromatic carbocycles. The number of sulfone groups is 1. The van der Waals surface area contributed by atoms with Gasteiger partial charge in [0.05, 0.1) is 5.75 Å². The first kappa shape index (κ1) is 18.0. The van der Waals surface area contributed by atoms with Gasteiger partial charge in [0, 0.05) is 18.5 Å². The first-order chi connectivity index (χ1) is 10.7. The van der Waals surface area contributed by atoms with Crippen LogP contribution < -0.4 is 0 Å². The van der Waals surface area contributed by atoms with Gasteiger partial charge in [-0.1, -0.05) is 51.1 Å². The molecule has 1 aliphatic rings. The Morgan fingerprint density at radius 1 is 1.26 bits per heavy atom. The van der Waals surface area contributed by atoms with Crippen LogP contribution in [0.5, 0.6) is 0 Å². The van der Waals surface area contributed by atoms with E-state index in [4.69, 9.17) is 0 Å². The molecule has 1 aliphatic heterocycles. The van der Waals surface area contributed by atoms with Crippen LogP contribution in [0.2, 0.25) is 0 Å². The Morgan fingerprint density at radius 3 is 2.52 bits per heavy atom. The molecule has 0 N–H and O–H groups in total. The minimum absolute atomic E-state index is 0.0451. The summed E-state index contributed by atoms with van der Waals surface area (Å²) in [5.74, 6) is -0.505. The van der Waals surface area contributed by atoms with E-state index in [1.54, 1.807) is 4.90 Å². The number of likely N-dealkylation sites (tertiary alicyclic amines) is 1. The SMILES string of the molecule is CC(C)CS(=O)(=O)CC(=O)N1CCC[C@@](C)(c2ccccc2)C1. The van der Waals surface area contributed by atoms with Crippen molar-refractivity contribution in [1.29, 1.82) is 0 Å². The van der Waals surface area contributed by atoms with Gasteiger partial charge in [-0.25, -0.2) is 8.42 Å². The fraction of sp³-hybridized carbons (Fsp3) is 0.611. The molecule has 1 heterocycles. The quantitative estimate of drug-likeness (QED) is 0.830. The maximum atomic E-state index is 12.5. The molecular formula is C18H27NO3S. The summed E-state index contributed by atoms with van der Waals surface area (Å²) in [7, 11) is -3.32. The van der Waals surface area contributed by atoms with E-state index in [2.05, 4.69) is 19.1 Å². The van der Waals surface area contributed by atoms with Crippen LogP contribution in [0.1, 0.15) is 39.2 Å². The maximum absolute atomic E-state index is 12.5. The second-order valence-electron chi connectivity index (χ2n) is 7.29. The Balaban J connectivity index is 2.08. The molecule has 5 heteroatoms. The highest BCUT2D eigenvalue weighted by Crippen LogP contribution is 2.33. The Hall–Kier alpha value is -1.36. The monoisotopic (exact) mass is 337 g/mol. The number of carbonyl (C=O) groups excluding carboxylic acids is 1. The first-order valence-corrected chi connectivity index (χ1v) is 10.1. The standard InChI is InChI=1S/C18H27NO3S/c1-15(2)12-23(21,22)13-17(20)19-11-7-10-18(3,14-19)16-8-5-4-6-9-16/h4-6,8-9,15H,7,10-14H2,1-3H3/t18-/m1/s1. The molecule has 2 rings (SSSR count). The molecule has 1 amide bonds. The van der Waals surface area contributed by atoms with E-state index >= 15 is 0 Å².